The summed E-state index contributed by atoms with van der Waals surface area (Å²) in [5, 5.41) is 4.89. The van der Waals surface area contributed by atoms with Crippen molar-refractivity contribution in [2.24, 2.45) is 0 Å². The number of nitrogens with zero attached hydrogens (tertiary/aromatic N) is 1. The van der Waals surface area contributed by atoms with Crippen LogP contribution in [-0.2, 0) is 0 Å². The minimum absolute atomic E-state index is 0.894. The molecule has 0 fully saturated rings. The monoisotopic (exact) mass is 745 g/mol. The predicted octanol–water partition coefficient (Wildman–Crippen LogP) is 16.1. The van der Waals surface area contributed by atoms with E-state index in [0.717, 1.165) is 61.3 Å². The molecule has 3 heteroatoms. The van der Waals surface area contributed by atoms with E-state index < -0.39 is 0 Å². The van der Waals surface area contributed by atoms with E-state index in [1.807, 2.05) is 17.4 Å². The number of benzene rings is 9. The maximum absolute atomic E-state index is 6.49. The lowest BCUT2D eigenvalue weighted by Gasteiger charge is -2.26. The van der Waals surface area contributed by atoms with Crippen LogP contribution in [0, 0.1) is 0 Å². The fraction of sp³-hybridized carbons (Fsp3) is 0. The first-order valence-electron chi connectivity index (χ1n) is 19.3. The van der Waals surface area contributed by atoms with Crippen molar-refractivity contribution in [1.29, 1.82) is 0 Å². The van der Waals surface area contributed by atoms with Gasteiger partial charge in [0.25, 0.3) is 0 Å². The quantitative estimate of drug-likeness (QED) is 0.162. The summed E-state index contributed by atoms with van der Waals surface area (Å²) in [7, 11) is 0. The van der Waals surface area contributed by atoms with Gasteiger partial charge in [0, 0.05) is 53.6 Å². The lowest BCUT2D eigenvalue weighted by Crippen LogP contribution is -2.10. The van der Waals surface area contributed by atoms with Gasteiger partial charge in [0.1, 0.15) is 11.2 Å². The third kappa shape index (κ3) is 5.88. The molecule has 11 rings (SSSR count). The predicted molar refractivity (Wildman–Crippen MR) is 243 cm³/mol. The molecule has 2 nitrogen and oxygen atoms in total. The summed E-state index contributed by atoms with van der Waals surface area (Å²) in [5.74, 6) is 0. The zero-order valence-corrected chi connectivity index (χ0v) is 31.8. The molecule has 9 aromatic carbocycles. The molecule has 268 valence electrons. The van der Waals surface area contributed by atoms with Crippen LogP contribution in [0.2, 0.25) is 0 Å². The summed E-state index contributed by atoms with van der Waals surface area (Å²) < 4.78 is 9.12. The second-order valence-electron chi connectivity index (χ2n) is 14.5. The SMILES string of the molecule is c1ccc(-c2cccc(N(c3ccc(-c4ccc5oc6c(-c7ccccc7)cccc6c5c4)cc3)c3ccc(-c4cccc5sc6ccccc6c45)cc3)c2)cc1. The van der Waals surface area contributed by atoms with Crippen molar-refractivity contribution in [3.8, 4) is 44.5 Å². The van der Waals surface area contributed by atoms with Crippen LogP contribution in [0.1, 0.15) is 0 Å². The normalized spacial score (nSPS) is 11.5. The summed E-state index contributed by atoms with van der Waals surface area (Å²) in [4.78, 5) is 2.36. The lowest BCUT2D eigenvalue weighted by atomic mass is 9.98. The summed E-state index contributed by atoms with van der Waals surface area (Å²) in [6.45, 7) is 0. The Bertz CT molecular complexity index is 3210. The molecule has 0 amide bonds. The van der Waals surface area contributed by atoms with Gasteiger partial charge in [-0.05, 0) is 99.6 Å². The zero-order chi connectivity index (χ0) is 37.7. The van der Waals surface area contributed by atoms with Crippen LogP contribution in [0.3, 0.4) is 0 Å². The molecule has 0 aliphatic heterocycles. The fourth-order valence-electron chi connectivity index (χ4n) is 8.33. The van der Waals surface area contributed by atoms with Gasteiger partial charge in [-0.15, -0.1) is 11.3 Å². The van der Waals surface area contributed by atoms with Crippen LogP contribution in [0.15, 0.2) is 217 Å². The Hall–Kier alpha value is -7.20. The number of hydrogen-bond acceptors (Lipinski definition) is 3. The average molecular weight is 746 g/mol. The molecule has 0 bridgehead atoms. The largest absolute Gasteiger partial charge is 0.455 e. The van der Waals surface area contributed by atoms with Gasteiger partial charge in [-0.1, -0.05) is 152 Å². The van der Waals surface area contributed by atoms with Gasteiger partial charge >= 0.3 is 0 Å². The highest BCUT2D eigenvalue weighted by Crippen LogP contribution is 2.43. The highest BCUT2D eigenvalue weighted by molar-refractivity contribution is 7.25. The number of rotatable bonds is 7. The number of thiophene rings is 1. The fourth-order valence-corrected chi connectivity index (χ4v) is 9.47. The molecule has 0 aliphatic carbocycles. The zero-order valence-electron chi connectivity index (χ0n) is 31.0. The van der Waals surface area contributed by atoms with Gasteiger partial charge in [0.05, 0.1) is 0 Å². The highest BCUT2D eigenvalue weighted by Gasteiger charge is 2.17. The van der Waals surface area contributed by atoms with E-state index in [0.29, 0.717) is 0 Å². The lowest BCUT2D eigenvalue weighted by molar-refractivity contribution is 0.670. The Balaban J connectivity index is 0.988. The maximum Gasteiger partial charge on any atom is 0.143 e. The van der Waals surface area contributed by atoms with Gasteiger partial charge in [-0.3, -0.25) is 0 Å². The van der Waals surface area contributed by atoms with E-state index in [9.17, 15) is 0 Å². The molecule has 0 N–H and O–H groups in total. The first-order valence-corrected chi connectivity index (χ1v) is 20.1. The van der Waals surface area contributed by atoms with E-state index in [4.69, 9.17) is 4.42 Å². The van der Waals surface area contributed by atoms with Crippen molar-refractivity contribution < 1.29 is 4.42 Å². The molecule has 0 radical (unpaired) electrons. The van der Waals surface area contributed by atoms with E-state index in [2.05, 4.69) is 211 Å². The minimum atomic E-state index is 0.894. The molecular formula is C54H35NOS. The second-order valence-corrected chi connectivity index (χ2v) is 15.6. The van der Waals surface area contributed by atoms with Gasteiger partial charge < -0.3 is 9.32 Å². The van der Waals surface area contributed by atoms with Gasteiger partial charge in [0.2, 0.25) is 0 Å². The van der Waals surface area contributed by atoms with E-state index in [-0.39, 0.29) is 0 Å². The Morgan fingerprint density at radius 1 is 0.333 bits per heavy atom. The Kier molecular flexibility index (Phi) is 8.04. The van der Waals surface area contributed by atoms with Crippen LogP contribution >= 0.6 is 11.3 Å². The second kappa shape index (κ2) is 13.8. The van der Waals surface area contributed by atoms with Crippen molar-refractivity contribution in [1.82, 2.24) is 0 Å². The molecule has 0 atom stereocenters. The summed E-state index contributed by atoms with van der Waals surface area (Å²) in [6.07, 6.45) is 0. The minimum Gasteiger partial charge on any atom is -0.455 e. The standard InChI is InChI=1S/C54H35NOS/c1-3-12-36(13-4-1)40-16-9-17-44(34-40)55(43-31-26-39(27-32-43)45-19-11-23-52-53(45)48-18-7-8-22-51(48)57-52)42-29-24-37(25-30-42)41-28-33-50-49(35-41)47-21-10-20-46(54(47)56-50)38-14-5-2-6-15-38/h1-35H. The van der Waals surface area contributed by atoms with Crippen molar-refractivity contribution in [3.63, 3.8) is 0 Å². The van der Waals surface area contributed by atoms with Crippen LogP contribution < -0.4 is 4.90 Å². The van der Waals surface area contributed by atoms with E-state index >= 15 is 0 Å². The van der Waals surface area contributed by atoms with Crippen LogP contribution in [0.25, 0.3) is 86.6 Å². The molecule has 0 saturated carbocycles. The molecular weight excluding hydrogens is 711 g/mol. The maximum atomic E-state index is 6.49. The molecule has 11 aromatic rings. The summed E-state index contributed by atoms with van der Waals surface area (Å²) >= 11 is 1.86. The first-order chi connectivity index (χ1) is 28.2. The number of anilines is 3. The molecule has 0 unspecified atom stereocenters. The molecule has 0 spiro atoms. The molecule has 0 saturated heterocycles. The average Bonchev–Trinajstić information content (AvgIpc) is 3.86. The molecule has 2 aromatic heterocycles. The first kappa shape index (κ1) is 33.2. The van der Waals surface area contributed by atoms with Crippen molar-refractivity contribution in [2.45, 2.75) is 0 Å². The third-order valence-corrected chi connectivity index (χ3v) is 12.2. The van der Waals surface area contributed by atoms with Gasteiger partial charge in [-0.2, -0.15) is 0 Å². The molecule has 2 heterocycles. The van der Waals surface area contributed by atoms with Gasteiger partial charge in [0.15, 0.2) is 0 Å². The smallest absolute Gasteiger partial charge is 0.143 e. The van der Waals surface area contributed by atoms with Crippen molar-refractivity contribution in [3.05, 3.63) is 212 Å². The Morgan fingerprint density at radius 3 is 1.67 bits per heavy atom. The Labute approximate surface area is 335 Å². The van der Waals surface area contributed by atoms with Crippen LogP contribution in [0.4, 0.5) is 17.1 Å². The van der Waals surface area contributed by atoms with E-state index in [1.54, 1.807) is 0 Å². The highest BCUT2D eigenvalue weighted by atomic mass is 32.1. The number of fused-ring (bicyclic) bond motifs is 6. The summed E-state index contributed by atoms with van der Waals surface area (Å²) in [5.41, 5.74) is 14.5. The number of hydrogen-bond donors (Lipinski definition) is 0. The topological polar surface area (TPSA) is 16.4 Å². The van der Waals surface area contributed by atoms with Crippen molar-refractivity contribution >= 4 is 70.5 Å². The molecule has 57 heavy (non-hydrogen) atoms. The number of furan rings is 1. The number of para-hydroxylation sites is 1. The van der Waals surface area contributed by atoms with Crippen LogP contribution in [-0.4, -0.2) is 0 Å². The van der Waals surface area contributed by atoms with Crippen LogP contribution in [0.5, 0.6) is 0 Å². The molecule has 0 aliphatic rings. The van der Waals surface area contributed by atoms with Gasteiger partial charge in [-0.25, -0.2) is 0 Å². The van der Waals surface area contributed by atoms with E-state index in [1.165, 1.54) is 42.4 Å². The Morgan fingerprint density at radius 2 is 0.877 bits per heavy atom. The van der Waals surface area contributed by atoms with Crippen molar-refractivity contribution in [2.75, 3.05) is 4.90 Å². The third-order valence-electron chi connectivity index (χ3n) is 11.1. The summed E-state index contributed by atoms with van der Waals surface area (Å²) in [6, 6.07) is 76.3.